The molecule has 0 amide bonds. The fraction of sp³-hybridized carbons (Fsp3) is 0.556. The van der Waals surface area contributed by atoms with Gasteiger partial charge >= 0.3 is 35.8 Å². The Morgan fingerprint density at radius 1 is 0.640 bits per heavy atom. The van der Waals surface area contributed by atoms with Crippen LogP contribution in [-0.2, 0) is 12.1 Å². The van der Waals surface area contributed by atoms with Crippen molar-refractivity contribution < 1.29 is 52.7 Å². The Morgan fingerprint density at radius 3 is 1.44 bits per heavy atom. The summed E-state index contributed by atoms with van der Waals surface area (Å²) in [7, 11) is 0. The van der Waals surface area contributed by atoms with E-state index in [0.29, 0.717) is 9.97 Å². The summed E-state index contributed by atoms with van der Waals surface area (Å²) in [6, 6.07) is 0. The second kappa shape index (κ2) is 5.42. The van der Waals surface area contributed by atoms with Gasteiger partial charge in [0.15, 0.2) is 0 Å². The average molecular weight is 398 g/mol. The molecule has 1 heterocycles. The van der Waals surface area contributed by atoms with Gasteiger partial charge in [0.1, 0.15) is 11.3 Å². The van der Waals surface area contributed by atoms with Crippen molar-refractivity contribution in [1.29, 1.82) is 0 Å². The smallest absolute Gasteiger partial charge is 0.303 e. The van der Waals surface area contributed by atoms with Crippen LogP contribution in [0.5, 0.6) is 0 Å². The van der Waals surface area contributed by atoms with E-state index in [4.69, 9.17) is 0 Å². The lowest BCUT2D eigenvalue weighted by atomic mass is 9.96. The largest absolute Gasteiger partial charge is 0.460 e. The Kier molecular flexibility index (Phi) is 4.53. The number of hydrogen-bond donors (Lipinski definition) is 2. The summed E-state index contributed by atoms with van der Waals surface area (Å²) >= 11 is 0. The molecule has 25 heavy (non-hydrogen) atoms. The van der Waals surface area contributed by atoms with Crippen LogP contribution in [0.15, 0.2) is 9.59 Å². The minimum atomic E-state index is -7.52. The van der Waals surface area contributed by atoms with Crippen molar-refractivity contribution in [3.8, 4) is 0 Å². The van der Waals surface area contributed by atoms with Crippen molar-refractivity contribution in [3.63, 3.8) is 0 Å². The molecule has 0 spiro atoms. The number of halogens is 12. The third-order valence-corrected chi connectivity index (χ3v) is 2.68. The Morgan fingerprint density at radius 2 is 1.08 bits per heavy atom. The molecule has 2 N–H and O–H groups in total. The van der Waals surface area contributed by atoms with Crippen LogP contribution < -0.4 is 11.2 Å². The molecule has 0 unspecified atom stereocenters. The lowest BCUT2D eigenvalue weighted by molar-refractivity contribution is -0.400. The topological polar surface area (TPSA) is 65.7 Å². The van der Waals surface area contributed by atoms with Crippen molar-refractivity contribution in [2.45, 2.75) is 30.1 Å². The summed E-state index contributed by atoms with van der Waals surface area (Å²) in [5.74, 6) is -22.0. The molecule has 144 valence electrons. The monoisotopic (exact) mass is 398 g/mol. The first-order valence-electron chi connectivity index (χ1n) is 5.43. The second-order valence-electron chi connectivity index (χ2n) is 4.38. The van der Waals surface area contributed by atoms with E-state index in [-0.39, 0.29) is 0 Å². The predicted molar refractivity (Wildman–Crippen MR) is 52.5 cm³/mol. The van der Waals surface area contributed by atoms with Gasteiger partial charge in [-0.2, -0.15) is 52.7 Å². The molecule has 0 aromatic carbocycles. The van der Waals surface area contributed by atoms with E-state index >= 15 is 0 Å². The zero-order chi connectivity index (χ0) is 20.2. The van der Waals surface area contributed by atoms with Gasteiger partial charge in [0.2, 0.25) is 0 Å². The Balaban J connectivity index is 3.88. The molecule has 0 aliphatic rings. The van der Waals surface area contributed by atoms with Gasteiger partial charge in [-0.05, 0) is 0 Å². The third-order valence-electron chi connectivity index (χ3n) is 2.68. The van der Waals surface area contributed by atoms with Gasteiger partial charge in [-0.1, -0.05) is 0 Å². The number of alkyl halides is 12. The van der Waals surface area contributed by atoms with Crippen molar-refractivity contribution >= 4 is 0 Å². The quantitative estimate of drug-likeness (QED) is 0.770. The Bertz CT molecular complexity index is 769. The number of aromatic nitrogens is 2. The minimum absolute atomic E-state index is 0.449. The summed E-state index contributed by atoms with van der Waals surface area (Å²) in [5.41, 5.74) is -11.8. The van der Waals surface area contributed by atoms with E-state index in [9.17, 15) is 62.3 Å². The summed E-state index contributed by atoms with van der Waals surface area (Å²) in [6.07, 6.45) is -13.5. The van der Waals surface area contributed by atoms with E-state index in [2.05, 4.69) is 0 Å². The Hall–Kier alpha value is -2.16. The summed E-state index contributed by atoms with van der Waals surface area (Å²) in [4.78, 5) is 22.8. The molecule has 0 aliphatic heterocycles. The van der Waals surface area contributed by atoms with Crippen LogP contribution in [0, 0.1) is 0 Å². The van der Waals surface area contributed by atoms with Crippen LogP contribution in [0.1, 0.15) is 11.3 Å². The SMILES string of the molecule is O=c1[nH]c(C(F)(F)F)c(C(F)(F)C(F)(F)C(F)(F)C(F)(F)F)c(=O)[nH]1. The third kappa shape index (κ3) is 3.08. The van der Waals surface area contributed by atoms with E-state index in [0.717, 1.165) is 0 Å². The first-order chi connectivity index (χ1) is 10.8. The lowest BCUT2D eigenvalue weighted by Gasteiger charge is -2.33. The van der Waals surface area contributed by atoms with Crippen LogP contribution >= 0.6 is 0 Å². The molecule has 1 rings (SSSR count). The molecule has 0 fully saturated rings. The summed E-state index contributed by atoms with van der Waals surface area (Å²) < 4.78 is 152. The minimum Gasteiger partial charge on any atom is -0.303 e. The molecule has 0 aliphatic carbocycles. The predicted octanol–water partition coefficient (Wildman–Crippen LogP) is 3.01. The van der Waals surface area contributed by atoms with Crippen molar-refractivity contribution in [3.05, 3.63) is 32.1 Å². The molecule has 1 aromatic rings. The number of rotatable bonds is 3. The number of aromatic amines is 2. The van der Waals surface area contributed by atoms with E-state index < -0.39 is 52.6 Å². The van der Waals surface area contributed by atoms with E-state index in [1.54, 1.807) is 0 Å². The molecule has 16 heteroatoms. The van der Waals surface area contributed by atoms with Crippen molar-refractivity contribution in [2.24, 2.45) is 0 Å². The van der Waals surface area contributed by atoms with Crippen LogP contribution in [0.4, 0.5) is 52.7 Å². The zero-order valence-electron chi connectivity index (χ0n) is 10.9. The highest BCUT2D eigenvalue weighted by Crippen LogP contribution is 2.56. The van der Waals surface area contributed by atoms with E-state index in [1.807, 2.05) is 0 Å². The van der Waals surface area contributed by atoms with Crippen LogP contribution in [-0.4, -0.2) is 28.0 Å². The van der Waals surface area contributed by atoms with Gasteiger partial charge < -0.3 is 4.98 Å². The number of nitrogens with one attached hydrogen (secondary N) is 2. The number of hydrogen-bond acceptors (Lipinski definition) is 2. The molecular weight excluding hydrogens is 396 g/mol. The molecule has 0 saturated carbocycles. The second-order valence-corrected chi connectivity index (χ2v) is 4.38. The van der Waals surface area contributed by atoms with Gasteiger partial charge in [-0.3, -0.25) is 9.78 Å². The van der Waals surface area contributed by atoms with Gasteiger partial charge in [0.25, 0.3) is 5.56 Å². The maximum Gasteiger partial charge on any atom is 0.460 e. The average Bonchev–Trinajstić information content (AvgIpc) is 2.34. The highest BCUT2D eigenvalue weighted by molar-refractivity contribution is 5.28. The fourth-order valence-electron chi connectivity index (χ4n) is 1.53. The van der Waals surface area contributed by atoms with Gasteiger partial charge in [0, 0.05) is 0 Å². The molecule has 0 bridgehead atoms. The van der Waals surface area contributed by atoms with Crippen molar-refractivity contribution in [2.75, 3.05) is 0 Å². The van der Waals surface area contributed by atoms with Crippen LogP contribution in [0.25, 0.3) is 0 Å². The summed E-state index contributed by atoms with van der Waals surface area (Å²) in [6.45, 7) is 0. The highest BCUT2D eigenvalue weighted by atomic mass is 19.4. The molecule has 0 radical (unpaired) electrons. The Labute approximate surface area is 126 Å². The molecule has 4 nitrogen and oxygen atoms in total. The fourth-order valence-corrected chi connectivity index (χ4v) is 1.53. The number of H-pyrrole nitrogens is 2. The maximum absolute atomic E-state index is 13.6. The first-order valence-corrected chi connectivity index (χ1v) is 5.43. The first kappa shape index (κ1) is 20.9. The molecule has 0 saturated heterocycles. The zero-order valence-corrected chi connectivity index (χ0v) is 10.9. The van der Waals surface area contributed by atoms with Gasteiger partial charge in [-0.15, -0.1) is 0 Å². The van der Waals surface area contributed by atoms with E-state index in [1.165, 1.54) is 0 Å². The molecule has 0 atom stereocenters. The van der Waals surface area contributed by atoms with Gasteiger partial charge in [-0.25, -0.2) is 4.79 Å². The van der Waals surface area contributed by atoms with Gasteiger partial charge in [0.05, 0.1) is 0 Å². The van der Waals surface area contributed by atoms with Crippen molar-refractivity contribution in [1.82, 2.24) is 9.97 Å². The molecule has 1 aromatic heterocycles. The highest BCUT2D eigenvalue weighted by Gasteiger charge is 2.83. The normalized spacial score (nSPS) is 14.7. The van der Waals surface area contributed by atoms with Crippen LogP contribution in [0.3, 0.4) is 0 Å². The standard InChI is InChI=1S/C9H2F12N2O2/c10-5(11,7(15,16)8(17,18)9(19,20)21)1-2(6(12,13)14)22-4(25)23-3(1)24/h(H2,22,23,24,25). The lowest BCUT2D eigenvalue weighted by Crippen LogP contribution is -2.61. The van der Waals surface area contributed by atoms with Crippen LogP contribution in [0.2, 0.25) is 0 Å². The maximum atomic E-state index is 13.6. The summed E-state index contributed by atoms with van der Waals surface area (Å²) in [5, 5.41) is 0. The molecular formula is C9H2F12N2O2.